The number of rotatable bonds is 5. The van der Waals surface area contributed by atoms with Crippen LogP contribution in [0.1, 0.15) is 37.4 Å². The maximum absolute atomic E-state index is 12.5. The molecule has 8 heteroatoms. The number of carbonyl (C=O) groups excluding carboxylic acids is 1. The molecular formula is C17H21N7O. The van der Waals surface area contributed by atoms with Crippen molar-refractivity contribution < 1.29 is 4.79 Å². The molecule has 0 aromatic carbocycles. The van der Waals surface area contributed by atoms with Gasteiger partial charge < -0.3 is 4.90 Å². The molecule has 1 saturated heterocycles. The fourth-order valence-corrected chi connectivity index (χ4v) is 3.45. The van der Waals surface area contributed by atoms with Crippen molar-refractivity contribution >= 4 is 11.6 Å². The second kappa shape index (κ2) is 7.00. The van der Waals surface area contributed by atoms with Gasteiger partial charge in [0.25, 0.3) is 0 Å². The van der Waals surface area contributed by atoms with E-state index in [1.807, 2.05) is 33.7 Å². The Morgan fingerprint density at radius 2 is 2.24 bits per heavy atom. The maximum atomic E-state index is 12.5. The van der Waals surface area contributed by atoms with E-state index in [1.165, 1.54) is 6.33 Å². The second-order valence-electron chi connectivity index (χ2n) is 6.43. The fraction of sp³-hybridized carbons (Fsp3) is 0.471. The highest BCUT2D eigenvalue weighted by molar-refractivity contribution is 5.76. The van der Waals surface area contributed by atoms with Crippen molar-refractivity contribution in [3.05, 3.63) is 42.9 Å². The number of aryl methyl sites for hydroxylation is 1. The summed E-state index contributed by atoms with van der Waals surface area (Å²) in [5.41, 5.74) is 0.855. The van der Waals surface area contributed by atoms with Gasteiger partial charge in [0.2, 0.25) is 5.91 Å². The van der Waals surface area contributed by atoms with Crippen LogP contribution in [-0.2, 0) is 11.3 Å². The van der Waals surface area contributed by atoms with Crippen LogP contribution in [0.4, 0.5) is 0 Å². The minimum absolute atomic E-state index is 0.207. The lowest BCUT2D eigenvalue weighted by Gasteiger charge is -2.32. The highest BCUT2D eigenvalue weighted by Crippen LogP contribution is 2.26. The molecule has 1 amide bonds. The number of piperidine rings is 1. The Balaban J connectivity index is 1.38. The molecule has 1 aliphatic heterocycles. The zero-order valence-corrected chi connectivity index (χ0v) is 14.0. The highest BCUT2D eigenvalue weighted by Gasteiger charge is 2.27. The molecule has 4 heterocycles. The first kappa shape index (κ1) is 15.7. The van der Waals surface area contributed by atoms with Gasteiger partial charge in [0.15, 0.2) is 5.65 Å². The standard InChI is InChI=1S/C17H21N7O/c25-16(7-4-9-23-13-18-12-19-23)22-8-3-5-14(11-22)17-21-20-15-6-1-2-10-24(15)17/h1-2,6,10,12-14H,3-5,7-9,11H2. The molecule has 25 heavy (non-hydrogen) atoms. The first-order valence-electron chi connectivity index (χ1n) is 8.71. The molecule has 1 unspecified atom stereocenters. The third kappa shape index (κ3) is 3.38. The molecule has 4 rings (SSSR count). The molecular weight excluding hydrogens is 318 g/mol. The van der Waals surface area contributed by atoms with Gasteiger partial charge in [-0.3, -0.25) is 13.9 Å². The third-order valence-corrected chi connectivity index (χ3v) is 4.72. The van der Waals surface area contributed by atoms with Gasteiger partial charge in [-0.25, -0.2) is 4.98 Å². The topological polar surface area (TPSA) is 81.2 Å². The van der Waals surface area contributed by atoms with Gasteiger partial charge in [-0.05, 0) is 31.4 Å². The number of pyridine rings is 1. The Morgan fingerprint density at radius 3 is 3.12 bits per heavy atom. The summed E-state index contributed by atoms with van der Waals surface area (Å²) in [6, 6.07) is 5.89. The Labute approximate surface area is 145 Å². The zero-order valence-electron chi connectivity index (χ0n) is 14.0. The van der Waals surface area contributed by atoms with Crippen LogP contribution in [0, 0.1) is 0 Å². The average Bonchev–Trinajstić information content (AvgIpc) is 3.31. The molecule has 130 valence electrons. The summed E-state index contributed by atoms with van der Waals surface area (Å²) in [5, 5.41) is 12.7. The van der Waals surface area contributed by atoms with Crippen LogP contribution < -0.4 is 0 Å². The summed E-state index contributed by atoms with van der Waals surface area (Å²) in [6.45, 7) is 2.27. The van der Waals surface area contributed by atoms with Crippen LogP contribution in [0.2, 0.25) is 0 Å². The lowest BCUT2D eigenvalue weighted by molar-refractivity contribution is -0.132. The highest BCUT2D eigenvalue weighted by atomic mass is 16.2. The van der Waals surface area contributed by atoms with Gasteiger partial charge in [0.05, 0.1) is 0 Å². The van der Waals surface area contributed by atoms with Gasteiger partial charge in [-0.15, -0.1) is 10.2 Å². The summed E-state index contributed by atoms with van der Waals surface area (Å²) >= 11 is 0. The quantitative estimate of drug-likeness (QED) is 0.704. The van der Waals surface area contributed by atoms with Gasteiger partial charge in [0.1, 0.15) is 18.5 Å². The van der Waals surface area contributed by atoms with E-state index in [0.29, 0.717) is 6.42 Å². The number of hydrogen-bond donors (Lipinski definition) is 0. The normalized spacial score (nSPS) is 17.9. The maximum Gasteiger partial charge on any atom is 0.222 e. The van der Waals surface area contributed by atoms with Crippen LogP contribution in [0.3, 0.4) is 0 Å². The van der Waals surface area contributed by atoms with Crippen molar-refractivity contribution in [1.29, 1.82) is 0 Å². The number of carbonyl (C=O) groups is 1. The van der Waals surface area contributed by atoms with Crippen LogP contribution in [-0.4, -0.2) is 53.3 Å². The Bertz CT molecular complexity index is 842. The van der Waals surface area contributed by atoms with Crippen molar-refractivity contribution in [3.63, 3.8) is 0 Å². The molecule has 8 nitrogen and oxygen atoms in total. The Hall–Kier alpha value is -2.77. The van der Waals surface area contributed by atoms with E-state index >= 15 is 0 Å². The average molecular weight is 339 g/mol. The predicted molar refractivity (Wildman–Crippen MR) is 90.8 cm³/mol. The molecule has 1 fully saturated rings. The second-order valence-corrected chi connectivity index (χ2v) is 6.43. The lowest BCUT2D eigenvalue weighted by atomic mass is 9.97. The molecule has 0 radical (unpaired) electrons. The molecule has 0 aliphatic carbocycles. The summed E-state index contributed by atoms with van der Waals surface area (Å²) < 4.78 is 3.79. The van der Waals surface area contributed by atoms with Crippen molar-refractivity contribution in [2.24, 2.45) is 0 Å². The molecule has 0 spiro atoms. The fourth-order valence-electron chi connectivity index (χ4n) is 3.45. The zero-order chi connectivity index (χ0) is 17.1. The molecule has 0 N–H and O–H groups in total. The molecule has 1 aliphatic rings. The summed E-state index contributed by atoms with van der Waals surface area (Å²) in [7, 11) is 0. The molecule has 0 saturated carbocycles. The predicted octanol–water partition coefficient (Wildman–Crippen LogP) is 1.51. The van der Waals surface area contributed by atoms with Crippen LogP contribution in [0.15, 0.2) is 37.1 Å². The SMILES string of the molecule is O=C(CCCn1cncn1)N1CCCC(c2nnc3ccccn23)C1. The first-order chi connectivity index (χ1) is 12.3. The molecule has 1 atom stereocenters. The van der Waals surface area contributed by atoms with Crippen LogP contribution >= 0.6 is 0 Å². The number of amides is 1. The summed E-state index contributed by atoms with van der Waals surface area (Å²) in [5.74, 6) is 1.40. The van der Waals surface area contributed by atoms with Gasteiger partial charge in [-0.1, -0.05) is 6.07 Å². The van der Waals surface area contributed by atoms with Crippen molar-refractivity contribution in [1.82, 2.24) is 34.3 Å². The number of hydrogen-bond acceptors (Lipinski definition) is 5. The molecule has 0 bridgehead atoms. The number of nitrogens with zero attached hydrogens (tertiary/aromatic N) is 7. The van der Waals surface area contributed by atoms with E-state index in [9.17, 15) is 4.79 Å². The minimum atomic E-state index is 0.207. The van der Waals surface area contributed by atoms with Crippen LogP contribution in [0.25, 0.3) is 5.65 Å². The van der Waals surface area contributed by atoms with E-state index < -0.39 is 0 Å². The minimum Gasteiger partial charge on any atom is -0.342 e. The van der Waals surface area contributed by atoms with E-state index in [4.69, 9.17) is 0 Å². The lowest BCUT2D eigenvalue weighted by Crippen LogP contribution is -2.39. The Morgan fingerprint density at radius 1 is 1.28 bits per heavy atom. The summed E-state index contributed by atoms with van der Waals surface area (Å²) in [6.07, 6.45) is 8.53. The van der Waals surface area contributed by atoms with Gasteiger partial charge in [-0.2, -0.15) is 5.10 Å². The van der Waals surface area contributed by atoms with E-state index in [-0.39, 0.29) is 11.8 Å². The smallest absolute Gasteiger partial charge is 0.222 e. The van der Waals surface area contributed by atoms with Gasteiger partial charge in [0, 0.05) is 38.2 Å². The monoisotopic (exact) mass is 339 g/mol. The first-order valence-corrected chi connectivity index (χ1v) is 8.71. The number of likely N-dealkylation sites (tertiary alicyclic amines) is 1. The largest absolute Gasteiger partial charge is 0.342 e. The van der Waals surface area contributed by atoms with Gasteiger partial charge >= 0.3 is 0 Å². The number of aromatic nitrogens is 6. The molecule has 3 aromatic heterocycles. The Kier molecular flexibility index (Phi) is 4.41. The van der Waals surface area contributed by atoms with E-state index in [2.05, 4.69) is 20.3 Å². The van der Waals surface area contributed by atoms with Crippen molar-refractivity contribution in [3.8, 4) is 0 Å². The number of fused-ring (bicyclic) bond motifs is 1. The molecule has 3 aromatic rings. The van der Waals surface area contributed by atoms with E-state index in [0.717, 1.165) is 50.4 Å². The van der Waals surface area contributed by atoms with Crippen molar-refractivity contribution in [2.75, 3.05) is 13.1 Å². The summed E-state index contributed by atoms with van der Waals surface area (Å²) in [4.78, 5) is 18.4. The van der Waals surface area contributed by atoms with E-state index in [1.54, 1.807) is 11.0 Å². The van der Waals surface area contributed by atoms with Crippen LogP contribution in [0.5, 0.6) is 0 Å². The van der Waals surface area contributed by atoms with Crippen molar-refractivity contribution in [2.45, 2.75) is 38.1 Å². The third-order valence-electron chi connectivity index (χ3n) is 4.72.